The van der Waals surface area contributed by atoms with Gasteiger partial charge in [-0.05, 0) is 26.0 Å². The van der Waals surface area contributed by atoms with Crippen LogP contribution in [0.25, 0.3) is 0 Å². The monoisotopic (exact) mass is 237 g/mol. The molecule has 1 rings (SSSR count). The van der Waals surface area contributed by atoms with Crippen LogP contribution in [-0.2, 0) is 4.79 Å². The molecule has 1 N–H and O–H groups in total. The molecule has 0 saturated carbocycles. The number of hydrogen-bond acceptors (Lipinski definition) is 3. The predicted molar refractivity (Wildman–Crippen MR) is 65.9 cm³/mol. The van der Waals surface area contributed by atoms with Crippen LogP contribution in [0.1, 0.15) is 13.8 Å². The van der Waals surface area contributed by atoms with Gasteiger partial charge in [0.25, 0.3) is 5.91 Å². The third-order valence-corrected chi connectivity index (χ3v) is 2.77. The molecule has 0 aliphatic rings. The maximum Gasteiger partial charge on any atom is 0.260 e. The fourth-order valence-electron chi connectivity index (χ4n) is 1.20. The molecule has 4 heteroatoms. The lowest BCUT2D eigenvalue weighted by molar-refractivity contribution is -0.138. The maximum absolute atomic E-state index is 11.8. The Balaban J connectivity index is 2.51. The van der Waals surface area contributed by atoms with Gasteiger partial charge >= 0.3 is 0 Å². The van der Waals surface area contributed by atoms with Gasteiger partial charge in [0.1, 0.15) is 5.75 Å². The predicted octanol–water partition coefficient (Wildman–Crippen LogP) is 1.29. The fourth-order valence-corrected chi connectivity index (χ4v) is 1.20. The van der Waals surface area contributed by atoms with Gasteiger partial charge in [0.2, 0.25) is 0 Å². The van der Waals surface area contributed by atoms with Crippen LogP contribution < -0.4 is 4.74 Å². The molecule has 1 aromatic rings. The number of rotatable bonds is 5. The number of amides is 1. The highest BCUT2D eigenvalue weighted by atomic mass is 16.5. The van der Waals surface area contributed by atoms with Gasteiger partial charge in [-0.1, -0.05) is 18.2 Å². The summed E-state index contributed by atoms with van der Waals surface area (Å²) in [5, 5.41) is 9.16. The normalized spacial score (nSPS) is 11.1. The van der Waals surface area contributed by atoms with Crippen LogP contribution in [0.2, 0.25) is 0 Å². The van der Waals surface area contributed by atoms with Gasteiger partial charge in [-0.2, -0.15) is 0 Å². The van der Waals surface area contributed by atoms with Crippen LogP contribution in [0.4, 0.5) is 0 Å². The van der Waals surface area contributed by atoms with E-state index in [1.807, 2.05) is 18.2 Å². The van der Waals surface area contributed by atoms with Crippen LogP contribution in [-0.4, -0.2) is 41.7 Å². The molecule has 0 aliphatic carbocycles. The average Bonchev–Trinajstić information content (AvgIpc) is 2.36. The standard InChI is InChI=1S/C13H19NO3/c1-13(2,10-15)14(3)12(16)9-17-11-7-5-4-6-8-11/h4-8,15H,9-10H2,1-3H3. The molecule has 1 aromatic carbocycles. The number of nitrogens with zero attached hydrogens (tertiary/aromatic N) is 1. The zero-order valence-corrected chi connectivity index (χ0v) is 10.5. The van der Waals surface area contributed by atoms with E-state index in [-0.39, 0.29) is 19.1 Å². The molecule has 0 radical (unpaired) electrons. The summed E-state index contributed by atoms with van der Waals surface area (Å²) in [6.07, 6.45) is 0. The van der Waals surface area contributed by atoms with Crippen LogP contribution in [0.3, 0.4) is 0 Å². The SMILES string of the molecule is CN(C(=O)COc1ccccc1)C(C)(C)CO. The Hall–Kier alpha value is -1.55. The largest absolute Gasteiger partial charge is 0.484 e. The molecule has 4 nitrogen and oxygen atoms in total. The topological polar surface area (TPSA) is 49.8 Å². The van der Waals surface area contributed by atoms with E-state index < -0.39 is 5.54 Å². The number of aliphatic hydroxyl groups excluding tert-OH is 1. The maximum atomic E-state index is 11.8. The zero-order chi connectivity index (χ0) is 12.9. The van der Waals surface area contributed by atoms with Gasteiger partial charge in [0.15, 0.2) is 6.61 Å². The highest BCUT2D eigenvalue weighted by molar-refractivity contribution is 5.78. The molecular weight excluding hydrogens is 218 g/mol. The number of benzene rings is 1. The molecule has 0 heterocycles. The molecule has 0 bridgehead atoms. The van der Waals surface area contributed by atoms with Gasteiger partial charge in [-0.25, -0.2) is 0 Å². The summed E-state index contributed by atoms with van der Waals surface area (Å²) < 4.78 is 5.36. The van der Waals surface area contributed by atoms with E-state index in [9.17, 15) is 4.79 Å². The van der Waals surface area contributed by atoms with E-state index in [1.165, 1.54) is 4.90 Å². The second kappa shape index (κ2) is 5.68. The van der Waals surface area contributed by atoms with Crippen molar-refractivity contribution in [1.82, 2.24) is 4.90 Å². The van der Waals surface area contributed by atoms with Gasteiger partial charge in [-0.3, -0.25) is 4.79 Å². The van der Waals surface area contributed by atoms with Gasteiger partial charge < -0.3 is 14.7 Å². The van der Waals surface area contributed by atoms with Crippen molar-refractivity contribution in [2.45, 2.75) is 19.4 Å². The number of carbonyl (C=O) groups excluding carboxylic acids is 1. The van der Waals surface area contributed by atoms with Gasteiger partial charge in [0.05, 0.1) is 12.1 Å². The second-order valence-corrected chi connectivity index (χ2v) is 4.53. The highest BCUT2D eigenvalue weighted by Crippen LogP contribution is 2.12. The van der Waals surface area contributed by atoms with Crippen molar-refractivity contribution >= 4 is 5.91 Å². The lowest BCUT2D eigenvalue weighted by atomic mass is 10.1. The molecule has 94 valence electrons. The summed E-state index contributed by atoms with van der Waals surface area (Å²) in [7, 11) is 1.66. The molecule has 0 fully saturated rings. The highest BCUT2D eigenvalue weighted by Gasteiger charge is 2.26. The van der Waals surface area contributed by atoms with Crippen LogP contribution in [0, 0.1) is 0 Å². The van der Waals surface area contributed by atoms with Crippen LogP contribution in [0.15, 0.2) is 30.3 Å². The van der Waals surface area contributed by atoms with Crippen molar-refractivity contribution in [2.24, 2.45) is 0 Å². The fraction of sp³-hybridized carbons (Fsp3) is 0.462. The van der Waals surface area contributed by atoms with Gasteiger partial charge in [0, 0.05) is 7.05 Å². The molecule has 1 amide bonds. The molecule has 17 heavy (non-hydrogen) atoms. The molecule has 0 saturated heterocycles. The Bertz CT molecular complexity index is 362. The summed E-state index contributed by atoms with van der Waals surface area (Å²) in [4.78, 5) is 13.3. The van der Waals surface area contributed by atoms with E-state index in [0.29, 0.717) is 5.75 Å². The van der Waals surface area contributed by atoms with Crippen LogP contribution >= 0.6 is 0 Å². The number of carbonyl (C=O) groups is 1. The summed E-state index contributed by atoms with van der Waals surface area (Å²) in [5.41, 5.74) is -0.572. The average molecular weight is 237 g/mol. The molecule has 0 spiro atoms. The number of hydrogen-bond donors (Lipinski definition) is 1. The van der Waals surface area contributed by atoms with Crippen molar-refractivity contribution in [3.63, 3.8) is 0 Å². The molecular formula is C13H19NO3. The van der Waals surface area contributed by atoms with Crippen molar-refractivity contribution < 1.29 is 14.6 Å². The minimum Gasteiger partial charge on any atom is -0.484 e. The summed E-state index contributed by atoms with van der Waals surface area (Å²) in [6.45, 7) is 3.49. The van der Waals surface area contributed by atoms with E-state index in [2.05, 4.69) is 0 Å². The van der Waals surface area contributed by atoms with E-state index in [4.69, 9.17) is 9.84 Å². The quantitative estimate of drug-likeness (QED) is 0.839. The number of ether oxygens (including phenoxy) is 1. The smallest absolute Gasteiger partial charge is 0.260 e. The lowest BCUT2D eigenvalue weighted by Gasteiger charge is -2.33. The van der Waals surface area contributed by atoms with Crippen molar-refractivity contribution in [3.8, 4) is 5.75 Å². The Morgan fingerprint density at radius 3 is 2.47 bits per heavy atom. The first-order valence-corrected chi connectivity index (χ1v) is 5.53. The summed E-state index contributed by atoms with van der Waals surface area (Å²) in [6, 6.07) is 9.17. The first-order chi connectivity index (χ1) is 7.97. The number of para-hydroxylation sites is 1. The Morgan fingerprint density at radius 1 is 1.35 bits per heavy atom. The first-order valence-electron chi connectivity index (χ1n) is 5.53. The molecule has 0 unspecified atom stereocenters. The van der Waals surface area contributed by atoms with Crippen molar-refractivity contribution in [2.75, 3.05) is 20.3 Å². The minimum atomic E-state index is -0.572. The minimum absolute atomic E-state index is 0.0239. The number of likely N-dealkylation sites (N-methyl/N-ethyl adjacent to an activating group) is 1. The van der Waals surface area contributed by atoms with Crippen molar-refractivity contribution in [3.05, 3.63) is 30.3 Å². The third kappa shape index (κ3) is 3.75. The lowest BCUT2D eigenvalue weighted by Crippen LogP contribution is -2.49. The third-order valence-electron chi connectivity index (χ3n) is 2.77. The number of aliphatic hydroxyl groups is 1. The summed E-state index contributed by atoms with van der Waals surface area (Å²) >= 11 is 0. The summed E-state index contributed by atoms with van der Waals surface area (Å²) in [5.74, 6) is 0.504. The first kappa shape index (κ1) is 13.5. The second-order valence-electron chi connectivity index (χ2n) is 4.53. The van der Waals surface area contributed by atoms with Crippen molar-refractivity contribution in [1.29, 1.82) is 0 Å². The Labute approximate surface area is 102 Å². The zero-order valence-electron chi connectivity index (χ0n) is 10.5. The molecule has 0 atom stereocenters. The Morgan fingerprint density at radius 2 is 1.94 bits per heavy atom. The van der Waals surface area contributed by atoms with E-state index in [1.54, 1.807) is 33.0 Å². The van der Waals surface area contributed by atoms with Crippen LogP contribution in [0.5, 0.6) is 5.75 Å². The molecule has 0 aromatic heterocycles. The Kier molecular flexibility index (Phi) is 4.52. The molecule has 0 aliphatic heterocycles. The van der Waals surface area contributed by atoms with Gasteiger partial charge in [-0.15, -0.1) is 0 Å². The van der Waals surface area contributed by atoms with E-state index >= 15 is 0 Å². The van der Waals surface area contributed by atoms with E-state index in [0.717, 1.165) is 0 Å².